The number of amides is 1. The monoisotopic (exact) mass is 286 g/mol. The molecule has 0 bridgehead atoms. The molecule has 3 rings (SSSR count). The van der Waals surface area contributed by atoms with E-state index in [0.29, 0.717) is 11.3 Å². The number of nitriles is 1. The molecule has 1 aliphatic heterocycles. The predicted octanol–water partition coefficient (Wildman–Crippen LogP) is 4.05. The second-order valence-electron chi connectivity index (χ2n) is 5.11. The minimum atomic E-state index is -0.308. The van der Waals surface area contributed by atoms with E-state index in [2.05, 4.69) is 6.58 Å². The second kappa shape index (κ2) is 5.34. The van der Waals surface area contributed by atoms with Crippen molar-refractivity contribution in [2.45, 2.75) is 6.92 Å². The van der Waals surface area contributed by atoms with Gasteiger partial charge in [0.25, 0.3) is 5.91 Å². The summed E-state index contributed by atoms with van der Waals surface area (Å²) in [5, 5.41) is 9.09. The molecule has 0 radical (unpaired) electrons. The van der Waals surface area contributed by atoms with Crippen LogP contribution in [0.4, 0.5) is 5.69 Å². The summed E-state index contributed by atoms with van der Waals surface area (Å²) in [4.78, 5) is 13.8. The average Bonchev–Trinajstić information content (AvgIpc) is 2.78. The zero-order valence-electron chi connectivity index (χ0n) is 12.2. The molecule has 106 valence electrons. The SMILES string of the molecule is C=C1C(C)=C(C#N)C(=O)N1c1ccc(-c2ccccc2)cc1. The van der Waals surface area contributed by atoms with Gasteiger partial charge in [0.2, 0.25) is 0 Å². The van der Waals surface area contributed by atoms with Gasteiger partial charge < -0.3 is 0 Å². The van der Waals surface area contributed by atoms with Crippen LogP contribution < -0.4 is 4.90 Å². The fourth-order valence-corrected chi connectivity index (χ4v) is 2.55. The van der Waals surface area contributed by atoms with Gasteiger partial charge in [-0.25, -0.2) is 0 Å². The van der Waals surface area contributed by atoms with Crippen LogP contribution in [0, 0.1) is 11.3 Å². The highest BCUT2D eigenvalue weighted by Crippen LogP contribution is 2.33. The molecule has 3 heteroatoms. The minimum Gasteiger partial charge on any atom is -0.277 e. The van der Waals surface area contributed by atoms with Crippen LogP contribution in [0.1, 0.15) is 6.92 Å². The van der Waals surface area contributed by atoms with Gasteiger partial charge in [-0.05, 0) is 35.8 Å². The lowest BCUT2D eigenvalue weighted by Gasteiger charge is -2.18. The molecule has 0 spiro atoms. The van der Waals surface area contributed by atoms with Crippen LogP contribution >= 0.6 is 0 Å². The number of hydrogen-bond donors (Lipinski definition) is 0. The van der Waals surface area contributed by atoms with Crippen molar-refractivity contribution < 1.29 is 4.79 Å². The summed E-state index contributed by atoms with van der Waals surface area (Å²) < 4.78 is 0. The lowest BCUT2D eigenvalue weighted by Crippen LogP contribution is -2.24. The Morgan fingerprint density at radius 1 is 1.00 bits per heavy atom. The van der Waals surface area contributed by atoms with Crippen molar-refractivity contribution in [1.29, 1.82) is 5.26 Å². The van der Waals surface area contributed by atoms with Crippen molar-refractivity contribution in [2.75, 3.05) is 4.90 Å². The highest BCUT2D eigenvalue weighted by molar-refractivity contribution is 6.15. The van der Waals surface area contributed by atoms with Crippen LogP contribution in [0.25, 0.3) is 11.1 Å². The first kappa shape index (κ1) is 13.8. The van der Waals surface area contributed by atoms with E-state index in [4.69, 9.17) is 5.26 Å². The molecule has 1 heterocycles. The van der Waals surface area contributed by atoms with Gasteiger partial charge in [-0.15, -0.1) is 0 Å². The van der Waals surface area contributed by atoms with E-state index in [1.807, 2.05) is 60.7 Å². The maximum atomic E-state index is 12.3. The number of carbonyl (C=O) groups is 1. The number of nitrogens with zero attached hydrogens (tertiary/aromatic N) is 2. The van der Waals surface area contributed by atoms with E-state index >= 15 is 0 Å². The highest BCUT2D eigenvalue weighted by Gasteiger charge is 2.32. The van der Waals surface area contributed by atoms with Crippen molar-refractivity contribution in [3.63, 3.8) is 0 Å². The normalized spacial score (nSPS) is 14.5. The van der Waals surface area contributed by atoms with Crippen molar-refractivity contribution in [3.8, 4) is 17.2 Å². The van der Waals surface area contributed by atoms with Crippen LogP contribution in [-0.4, -0.2) is 5.91 Å². The van der Waals surface area contributed by atoms with Crippen molar-refractivity contribution in [2.24, 2.45) is 0 Å². The average molecular weight is 286 g/mol. The molecule has 1 aliphatic rings. The summed E-state index contributed by atoms with van der Waals surface area (Å²) in [5.41, 5.74) is 4.28. The molecule has 0 saturated heterocycles. The third-order valence-corrected chi connectivity index (χ3v) is 3.84. The summed E-state index contributed by atoms with van der Waals surface area (Å²) in [6.45, 7) is 5.67. The lowest BCUT2D eigenvalue weighted by atomic mass is 10.1. The molecule has 0 N–H and O–H groups in total. The maximum Gasteiger partial charge on any atom is 0.273 e. The van der Waals surface area contributed by atoms with E-state index in [1.54, 1.807) is 6.92 Å². The Hall–Kier alpha value is -3.12. The predicted molar refractivity (Wildman–Crippen MR) is 86.8 cm³/mol. The van der Waals surface area contributed by atoms with Crippen LogP contribution in [0.3, 0.4) is 0 Å². The lowest BCUT2D eigenvalue weighted by molar-refractivity contribution is -0.113. The fraction of sp³-hybridized carbons (Fsp3) is 0.0526. The molecule has 0 unspecified atom stereocenters. The first-order valence-electron chi connectivity index (χ1n) is 6.93. The number of allylic oxidation sites excluding steroid dienone is 1. The standard InChI is InChI=1S/C19H14N2O/c1-13-14(2)21(19(22)18(13)12-20)17-10-8-16(9-11-17)15-6-4-3-5-7-15/h3-11H,2H2,1H3. The zero-order valence-corrected chi connectivity index (χ0v) is 12.2. The Morgan fingerprint density at radius 3 is 2.14 bits per heavy atom. The fourth-order valence-electron chi connectivity index (χ4n) is 2.55. The molecule has 0 fully saturated rings. The van der Waals surface area contributed by atoms with Gasteiger partial charge in [0, 0.05) is 11.4 Å². The molecule has 0 atom stereocenters. The van der Waals surface area contributed by atoms with E-state index in [1.165, 1.54) is 4.90 Å². The molecular formula is C19H14N2O. The molecule has 0 aliphatic carbocycles. The van der Waals surface area contributed by atoms with Gasteiger partial charge in [-0.3, -0.25) is 9.69 Å². The van der Waals surface area contributed by atoms with Crippen molar-refractivity contribution in [3.05, 3.63) is 78.0 Å². The minimum absolute atomic E-state index is 0.164. The van der Waals surface area contributed by atoms with E-state index < -0.39 is 0 Å². The third kappa shape index (κ3) is 2.11. The van der Waals surface area contributed by atoms with Gasteiger partial charge in [-0.2, -0.15) is 5.26 Å². The molecule has 0 aromatic heterocycles. The second-order valence-corrected chi connectivity index (χ2v) is 5.11. The number of benzene rings is 2. The maximum absolute atomic E-state index is 12.3. The summed E-state index contributed by atoms with van der Waals surface area (Å²) in [6.07, 6.45) is 0. The highest BCUT2D eigenvalue weighted by atomic mass is 16.2. The Balaban J connectivity index is 1.94. The number of anilines is 1. The molecule has 2 aromatic carbocycles. The van der Waals surface area contributed by atoms with E-state index in [9.17, 15) is 4.79 Å². The molecule has 1 amide bonds. The molecule has 0 saturated carbocycles. The quantitative estimate of drug-likeness (QED) is 0.835. The Labute approximate surface area is 129 Å². The smallest absolute Gasteiger partial charge is 0.273 e. The molecule has 22 heavy (non-hydrogen) atoms. The number of rotatable bonds is 2. The van der Waals surface area contributed by atoms with Gasteiger partial charge in [0.05, 0.1) is 0 Å². The Bertz CT molecular complexity index is 824. The van der Waals surface area contributed by atoms with Crippen LogP contribution in [0.5, 0.6) is 0 Å². The summed E-state index contributed by atoms with van der Waals surface area (Å²) in [5.74, 6) is -0.308. The van der Waals surface area contributed by atoms with Gasteiger partial charge in [-0.1, -0.05) is 49.0 Å². The summed E-state index contributed by atoms with van der Waals surface area (Å²) >= 11 is 0. The third-order valence-electron chi connectivity index (χ3n) is 3.84. The van der Waals surface area contributed by atoms with Gasteiger partial charge in [0.1, 0.15) is 11.6 Å². The number of hydrogen-bond acceptors (Lipinski definition) is 2. The van der Waals surface area contributed by atoms with Crippen LogP contribution in [-0.2, 0) is 4.79 Å². The van der Waals surface area contributed by atoms with E-state index in [0.717, 1.165) is 16.8 Å². The molecule has 2 aromatic rings. The number of carbonyl (C=O) groups excluding carboxylic acids is 1. The zero-order chi connectivity index (χ0) is 15.7. The Morgan fingerprint density at radius 2 is 1.59 bits per heavy atom. The summed E-state index contributed by atoms with van der Waals surface area (Å²) in [6, 6.07) is 19.7. The van der Waals surface area contributed by atoms with Crippen molar-refractivity contribution in [1.82, 2.24) is 0 Å². The molecular weight excluding hydrogens is 272 g/mol. The largest absolute Gasteiger partial charge is 0.277 e. The first-order chi connectivity index (χ1) is 10.6. The topological polar surface area (TPSA) is 44.1 Å². The van der Waals surface area contributed by atoms with Crippen LogP contribution in [0.2, 0.25) is 0 Å². The van der Waals surface area contributed by atoms with Gasteiger partial charge in [0.15, 0.2) is 0 Å². The van der Waals surface area contributed by atoms with E-state index in [-0.39, 0.29) is 11.5 Å². The molecule has 3 nitrogen and oxygen atoms in total. The first-order valence-corrected chi connectivity index (χ1v) is 6.93. The Kier molecular flexibility index (Phi) is 3.36. The summed E-state index contributed by atoms with van der Waals surface area (Å²) in [7, 11) is 0. The van der Waals surface area contributed by atoms with Gasteiger partial charge >= 0.3 is 0 Å². The van der Waals surface area contributed by atoms with Crippen molar-refractivity contribution >= 4 is 11.6 Å². The van der Waals surface area contributed by atoms with Crippen LogP contribution in [0.15, 0.2) is 78.0 Å².